The Morgan fingerprint density at radius 3 is 2.02 bits per heavy atom. The minimum absolute atomic E-state index is 0.0594. The maximum atomic E-state index is 4.64. The SMILES string of the molecule is Cc1cccc(C)c1-n1nnnc1[C@H](c1ccc(-c2ccccc2)cc1)N1CCN(CC=Cc2ccccc2)CC1. The van der Waals surface area contributed by atoms with E-state index in [1.807, 2.05) is 4.68 Å². The van der Waals surface area contributed by atoms with Crippen LogP contribution in [0.4, 0.5) is 0 Å². The molecule has 4 aromatic carbocycles. The van der Waals surface area contributed by atoms with Crippen molar-refractivity contribution in [1.29, 1.82) is 0 Å². The average molecular weight is 541 g/mol. The van der Waals surface area contributed by atoms with Crippen LogP contribution in [0.5, 0.6) is 0 Å². The van der Waals surface area contributed by atoms with Crippen molar-refractivity contribution in [3.05, 3.63) is 137 Å². The molecule has 0 bridgehead atoms. The first-order valence-corrected chi connectivity index (χ1v) is 14.4. The van der Waals surface area contributed by atoms with Crippen molar-refractivity contribution in [1.82, 2.24) is 30.0 Å². The van der Waals surface area contributed by atoms with E-state index < -0.39 is 0 Å². The van der Waals surface area contributed by atoms with Crippen LogP contribution >= 0.6 is 0 Å². The third kappa shape index (κ3) is 6.04. The number of benzene rings is 4. The van der Waals surface area contributed by atoms with Crippen LogP contribution in [0.2, 0.25) is 0 Å². The van der Waals surface area contributed by atoms with Gasteiger partial charge in [0, 0.05) is 32.7 Å². The summed E-state index contributed by atoms with van der Waals surface area (Å²) in [7, 11) is 0. The fraction of sp³-hybridized carbons (Fsp3) is 0.229. The predicted octanol–water partition coefficient (Wildman–Crippen LogP) is 6.37. The molecular formula is C35H36N6. The Morgan fingerprint density at radius 1 is 0.707 bits per heavy atom. The van der Waals surface area contributed by atoms with E-state index in [4.69, 9.17) is 0 Å². The molecule has 6 nitrogen and oxygen atoms in total. The fourth-order valence-electron chi connectivity index (χ4n) is 5.78. The summed E-state index contributed by atoms with van der Waals surface area (Å²) >= 11 is 0. The minimum Gasteiger partial charge on any atom is -0.297 e. The second-order valence-corrected chi connectivity index (χ2v) is 10.7. The first-order chi connectivity index (χ1) is 20.2. The van der Waals surface area contributed by atoms with Gasteiger partial charge >= 0.3 is 0 Å². The molecule has 1 aromatic heterocycles. The summed E-state index contributed by atoms with van der Waals surface area (Å²) in [6.45, 7) is 9.04. The predicted molar refractivity (Wildman–Crippen MR) is 166 cm³/mol. The van der Waals surface area contributed by atoms with Crippen LogP contribution in [-0.4, -0.2) is 62.7 Å². The number of nitrogens with zero attached hydrogens (tertiary/aromatic N) is 6. The maximum Gasteiger partial charge on any atom is 0.178 e. The molecule has 1 aliphatic rings. The molecule has 206 valence electrons. The number of para-hydroxylation sites is 1. The van der Waals surface area contributed by atoms with Gasteiger partial charge in [-0.3, -0.25) is 9.80 Å². The van der Waals surface area contributed by atoms with E-state index in [1.165, 1.54) is 22.3 Å². The Balaban J connectivity index is 1.28. The van der Waals surface area contributed by atoms with Crippen molar-refractivity contribution in [2.24, 2.45) is 0 Å². The van der Waals surface area contributed by atoms with Crippen LogP contribution in [0.15, 0.2) is 109 Å². The third-order valence-corrected chi connectivity index (χ3v) is 7.97. The van der Waals surface area contributed by atoms with Gasteiger partial charge in [0.1, 0.15) is 0 Å². The lowest BCUT2D eigenvalue weighted by Gasteiger charge is -2.38. The summed E-state index contributed by atoms with van der Waals surface area (Å²) in [4.78, 5) is 5.05. The van der Waals surface area contributed by atoms with Crippen LogP contribution in [-0.2, 0) is 0 Å². The summed E-state index contributed by atoms with van der Waals surface area (Å²) in [5.41, 5.74) is 8.24. The van der Waals surface area contributed by atoms with Crippen LogP contribution in [0, 0.1) is 13.8 Å². The molecule has 0 spiro atoms. The smallest absolute Gasteiger partial charge is 0.178 e. The van der Waals surface area contributed by atoms with E-state index in [-0.39, 0.29) is 6.04 Å². The molecule has 0 saturated carbocycles. The molecular weight excluding hydrogens is 504 g/mol. The molecule has 2 heterocycles. The van der Waals surface area contributed by atoms with Crippen LogP contribution in [0.1, 0.15) is 34.1 Å². The number of hydrogen-bond acceptors (Lipinski definition) is 5. The van der Waals surface area contributed by atoms with Crippen LogP contribution in [0.3, 0.4) is 0 Å². The molecule has 0 radical (unpaired) electrons. The highest BCUT2D eigenvalue weighted by Crippen LogP contribution is 2.32. The molecule has 0 aliphatic carbocycles. The summed E-state index contributed by atoms with van der Waals surface area (Å²) in [6.07, 6.45) is 4.48. The highest BCUT2D eigenvalue weighted by atomic mass is 15.6. The zero-order chi connectivity index (χ0) is 28.0. The fourth-order valence-corrected chi connectivity index (χ4v) is 5.78. The summed E-state index contributed by atoms with van der Waals surface area (Å²) < 4.78 is 1.95. The molecule has 0 unspecified atom stereocenters. The third-order valence-electron chi connectivity index (χ3n) is 7.97. The van der Waals surface area contributed by atoms with Gasteiger partial charge in [-0.1, -0.05) is 115 Å². The summed E-state index contributed by atoms with van der Waals surface area (Å²) in [6, 6.07) is 36.2. The largest absolute Gasteiger partial charge is 0.297 e. The van der Waals surface area contributed by atoms with Crippen LogP contribution < -0.4 is 0 Å². The quantitative estimate of drug-likeness (QED) is 0.229. The monoisotopic (exact) mass is 540 g/mol. The summed E-state index contributed by atoms with van der Waals surface area (Å²) in [5.74, 6) is 0.854. The molecule has 1 fully saturated rings. The molecule has 41 heavy (non-hydrogen) atoms. The van der Waals surface area contributed by atoms with Gasteiger partial charge in [-0.15, -0.1) is 5.10 Å². The van der Waals surface area contributed by atoms with Gasteiger partial charge in [0.25, 0.3) is 0 Å². The number of piperazine rings is 1. The topological polar surface area (TPSA) is 50.1 Å². The van der Waals surface area contributed by atoms with Gasteiger partial charge < -0.3 is 0 Å². The zero-order valence-corrected chi connectivity index (χ0v) is 23.8. The zero-order valence-electron chi connectivity index (χ0n) is 23.8. The van der Waals surface area contributed by atoms with Crippen molar-refractivity contribution in [2.75, 3.05) is 32.7 Å². The van der Waals surface area contributed by atoms with Gasteiger partial charge in [-0.05, 0) is 57.7 Å². The summed E-state index contributed by atoms with van der Waals surface area (Å²) in [5, 5.41) is 13.3. The lowest BCUT2D eigenvalue weighted by molar-refractivity contribution is 0.113. The van der Waals surface area contributed by atoms with Gasteiger partial charge in [-0.25, -0.2) is 0 Å². The van der Waals surface area contributed by atoms with Crippen LogP contribution in [0.25, 0.3) is 22.9 Å². The van der Waals surface area contributed by atoms with E-state index in [2.05, 4.69) is 154 Å². The second kappa shape index (κ2) is 12.4. The number of tetrazole rings is 1. The Kier molecular flexibility index (Phi) is 8.12. The minimum atomic E-state index is -0.0594. The van der Waals surface area contributed by atoms with Crippen molar-refractivity contribution < 1.29 is 0 Å². The van der Waals surface area contributed by atoms with E-state index in [0.717, 1.165) is 55.4 Å². The molecule has 1 atom stereocenters. The van der Waals surface area contributed by atoms with Gasteiger partial charge in [-0.2, -0.15) is 4.68 Å². The van der Waals surface area contributed by atoms with Crippen molar-refractivity contribution in [2.45, 2.75) is 19.9 Å². The Morgan fingerprint density at radius 2 is 1.34 bits per heavy atom. The molecule has 1 aliphatic heterocycles. The number of aryl methyl sites for hydroxylation is 2. The Hall–Kier alpha value is -4.39. The first-order valence-electron chi connectivity index (χ1n) is 14.4. The maximum absolute atomic E-state index is 4.64. The number of rotatable bonds is 8. The van der Waals surface area contributed by atoms with Gasteiger partial charge in [0.05, 0.1) is 11.7 Å². The highest BCUT2D eigenvalue weighted by Gasteiger charge is 2.31. The lowest BCUT2D eigenvalue weighted by atomic mass is 9.98. The van der Waals surface area contributed by atoms with E-state index in [1.54, 1.807) is 0 Å². The first kappa shape index (κ1) is 26.8. The standard InChI is InChI=1S/C35H36N6/c1-27-11-9-12-28(2)33(27)41-35(36-37-38-41)34(32-20-18-31(19-21-32)30-16-7-4-8-17-30)40-25-23-39(24-26-40)22-10-15-29-13-5-3-6-14-29/h3-21,34H,22-26H2,1-2H3/t34-/m0/s1. The molecule has 0 N–H and O–H groups in total. The average Bonchev–Trinajstić information content (AvgIpc) is 3.48. The van der Waals surface area contributed by atoms with Gasteiger partial charge in [0.2, 0.25) is 0 Å². The lowest BCUT2D eigenvalue weighted by Crippen LogP contribution is -2.48. The molecule has 0 amide bonds. The van der Waals surface area contributed by atoms with E-state index in [0.29, 0.717) is 0 Å². The number of aromatic nitrogens is 4. The molecule has 6 heteroatoms. The Labute approximate surface area is 242 Å². The second-order valence-electron chi connectivity index (χ2n) is 10.7. The molecule has 5 aromatic rings. The molecule has 6 rings (SSSR count). The van der Waals surface area contributed by atoms with Crippen molar-refractivity contribution >= 4 is 6.08 Å². The normalized spacial score (nSPS) is 15.4. The van der Waals surface area contributed by atoms with E-state index in [9.17, 15) is 0 Å². The van der Waals surface area contributed by atoms with E-state index >= 15 is 0 Å². The van der Waals surface area contributed by atoms with Crippen molar-refractivity contribution in [3.63, 3.8) is 0 Å². The van der Waals surface area contributed by atoms with Gasteiger partial charge in [0.15, 0.2) is 5.82 Å². The van der Waals surface area contributed by atoms with Crippen molar-refractivity contribution in [3.8, 4) is 16.8 Å². The highest BCUT2D eigenvalue weighted by molar-refractivity contribution is 5.63. The Bertz CT molecular complexity index is 1560. The molecule has 1 saturated heterocycles. The number of hydrogen-bond donors (Lipinski definition) is 0.